The van der Waals surface area contributed by atoms with Gasteiger partial charge in [0.25, 0.3) is 0 Å². The van der Waals surface area contributed by atoms with Gasteiger partial charge in [-0.3, -0.25) is 9.69 Å². The Bertz CT molecular complexity index is 517. The molecule has 1 unspecified atom stereocenters. The highest BCUT2D eigenvalue weighted by molar-refractivity contribution is 5.71. The Morgan fingerprint density at radius 1 is 1.33 bits per heavy atom. The minimum atomic E-state index is -0.713. The Kier molecular flexibility index (Phi) is 4.73. The largest absolute Gasteiger partial charge is 0.497 e. The number of likely N-dealkylation sites (tertiary alicyclic amines) is 1. The van der Waals surface area contributed by atoms with E-state index in [1.165, 1.54) is 0 Å². The number of carboxylic acid groups (broad SMARTS) is 1. The van der Waals surface area contributed by atoms with E-state index in [1.807, 2.05) is 25.1 Å². The first-order chi connectivity index (χ1) is 9.97. The predicted molar refractivity (Wildman–Crippen MR) is 79.8 cm³/mol. The molecule has 0 radical (unpaired) electrons. The van der Waals surface area contributed by atoms with E-state index in [-0.39, 0.29) is 17.9 Å². The van der Waals surface area contributed by atoms with Crippen LogP contribution in [0.25, 0.3) is 0 Å². The fraction of sp³-hybridized carbons (Fsp3) is 0.562. The van der Waals surface area contributed by atoms with Crippen LogP contribution in [0, 0.1) is 11.8 Å². The normalized spacial score (nSPS) is 23.8. The summed E-state index contributed by atoms with van der Waals surface area (Å²) in [6.45, 7) is 5.42. The quantitative estimate of drug-likeness (QED) is 0.903. The van der Waals surface area contributed by atoms with Gasteiger partial charge in [-0.1, -0.05) is 6.92 Å². The lowest BCUT2D eigenvalue weighted by Gasteiger charge is -2.26. The SMILES string of the molecule is COc1ccc(OC)c(C(C)N2C[C@@H](C)[C@H](C(=O)O)C2)c1. The second kappa shape index (κ2) is 6.35. The van der Waals surface area contributed by atoms with Crippen LogP contribution in [-0.4, -0.2) is 43.3 Å². The van der Waals surface area contributed by atoms with E-state index in [0.29, 0.717) is 6.54 Å². The number of nitrogens with zero attached hydrogens (tertiary/aromatic N) is 1. The summed E-state index contributed by atoms with van der Waals surface area (Å²) in [5.41, 5.74) is 1.02. The molecule has 1 aromatic rings. The molecule has 5 nitrogen and oxygen atoms in total. The highest BCUT2D eigenvalue weighted by atomic mass is 16.5. The number of hydrogen-bond acceptors (Lipinski definition) is 4. The molecule has 0 spiro atoms. The van der Waals surface area contributed by atoms with Crippen molar-refractivity contribution in [1.29, 1.82) is 0 Å². The van der Waals surface area contributed by atoms with Crippen LogP contribution < -0.4 is 9.47 Å². The molecule has 5 heteroatoms. The molecule has 1 aromatic carbocycles. The Labute approximate surface area is 125 Å². The third-order valence-corrected chi connectivity index (χ3v) is 4.39. The van der Waals surface area contributed by atoms with Crippen LogP contribution in [-0.2, 0) is 4.79 Å². The maximum absolute atomic E-state index is 11.3. The van der Waals surface area contributed by atoms with E-state index >= 15 is 0 Å². The van der Waals surface area contributed by atoms with Crippen LogP contribution in [0.3, 0.4) is 0 Å². The number of benzene rings is 1. The van der Waals surface area contributed by atoms with Gasteiger partial charge in [0.05, 0.1) is 20.1 Å². The van der Waals surface area contributed by atoms with Crippen molar-refractivity contribution < 1.29 is 19.4 Å². The van der Waals surface area contributed by atoms with Gasteiger partial charge in [-0.25, -0.2) is 0 Å². The van der Waals surface area contributed by atoms with Gasteiger partial charge in [0.2, 0.25) is 0 Å². The molecule has 1 saturated heterocycles. The van der Waals surface area contributed by atoms with Gasteiger partial charge in [0, 0.05) is 24.7 Å². The molecule has 1 fully saturated rings. The number of ether oxygens (including phenoxy) is 2. The fourth-order valence-electron chi connectivity index (χ4n) is 3.00. The lowest BCUT2D eigenvalue weighted by atomic mass is 9.99. The van der Waals surface area contributed by atoms with E-state index in [9.17, 15) is 9.90 Å². The summed E-state index contributed by atoms with van der Waals surface area (Å²) in [6, 6.07) is 5.80. The molecular formula is C16H23NO4. The molecule has 3 atom stereocenters. The first-order valence-corrected chi connectivity index (χ1v) is 7.16. The summed E-state index contributed by atoms with van der Waals surface area (Å²) in [6.07, 6.45) is 0. The van der Waals surface area contributed by atoms with Gasteiger partial charge >= 0.3 is 5.97 Å². The van der Waals surface area contributed by atoms with Gasteiger partial charge in [-0.05, 0) is 31.0 Å². The van der Waals surface area contributed by atoms with E-state index in [2.05, 4.69) is 11.8 Å². The maximum Gasteiger partial charge on any atom is 0.308 e. The average molecular weight is 293 g/mol. The van der Waals surface area contributed by atoms with Crippen molar-refractivity contribution in [3.05, 3.63) is 23.8 Å². The van der Waals surface area contributed by atoms with Crippen molar-refractivity contribution in [2.45, 2.75) is 19.9 Å². The number of methoxy groups -OCH3 is 2. The van der Waals surface area contributed by atoms with Crippen molar-refractivity contribution in [2.75, 3.05) is 27.3 Å². The van der Waals surface area contributed by atoms with Gasteiger partial charge in [-0.2, -0.15) is 0 Å². The third-order valence-electron chi connectivity index (χ3n) is 4.39. The topological polar surface area (TPSA) is 59.0 Å². The molecule has 0 aromatic heterocycles. The van der Waals surface area contributed by atoms with Gasteiger partial charge in [-0.15, -0.1) is 0 Å². The lowest BCUT2D eigenvalue weighted by molar-refractivity contribution is -0.142. The van der Waals surface area contributed by atoms with E-state index in [0.717, 1.165) is 23.6 Å². The summed E-state index contributed by atoms with van der Waals surface area (Å²) >= 11 is 0. The van der Waals surface area contributed by atoms with Crippen LogP contribution >= 0.6 is 0 Å². The zero-order chi connectivity index (χ0) is 15.6. The first kappa shape index (κ1) is 15.6. The lowest BCUT2D eigenvalue weighted by Crippen LogP contribution is -2.26. The van der Waals surface area contributed by atoms with E-state index in [4.69, 9.17) is 9.47 Å². The van der Waals surface area contributed by atoms with Crippen molar-refractivity contribution in [1.82, 2.24) is 4.90 Å². The van der Waals surface area contributed by atoms with Crippen molar-refractivity contribution in [3.63, 3.8) is 0 Å². The zero-order valence-corrected chi connectivity index (χ0v) is 13.0. The molecule has 0 saturated carbocycles. The minimum Gasteiger partial charge on any atom is -0.497 e. The molecule has 0 amide bonds. The minimum absolute atomic E-state index is 0.0850. The molecule has 1 N–H and O–H groups in total. The molecular weight excluding hydrogens is 270 g/mol. The Morgan fingerprint density at radius 3 is 2.57 bits per heavy atom. The summed E-state index contributed by atoms with van der Waals surface area (Å²) in [5, 5.41) is 9.27. The molecule has 0 bridgehead atoms. The summed E-state index contributed by atoms with van der Waals surface area (Å²) in [4.78, 5) is 13.5. The smallest absolute Gasteiger partial charge is 0.308 e. The highest BCUT2D eigenvalue weighted by Gasteiger charge is 2.37. The monoisotopic (exact) mass is 293 g/mol. The number of aliphatic carboxylic acids is 1. The molecule has 1 heterocycles. The van der Waals surface area contributed by atoms with E-state index in [1.54, 1.807) is 14.2 Å². The summed E-state index contributed by atoms with van der Waals surface area (Å²) in [7, 11) is 3.28. The average Bonchev–Trinajstić information content (AvgIpc) is 2.88. The molecule has 116 valence electrons. The number of carboxylic acids is 1. The van der Waals surface area contributed by atoms with Crippen LogP contribution in [0.4, 0.5) is 0 Å². The molecule has 2 rings (SSSR count). The molecule has 1 aliphatic heterocycles. The van der Waals surface area contributed by atoms with Crippen LogP contribution in [0.5, 0.6) is 11.5 Å². The number of hydrogen-bond donors (Lipinski definition) is 1. The maximum atomic E-state index is 11.3. The van der Waals surface area contributed by atoms with Crippen molar-refractivity contribution in [3.8, 4) is 11.5 Å². The Morgan fingerprint density at radius 2 is 2.05 bits per heavy atom. The van der Waals surface area contributed by atoms with Crippen LogP contribution in [0.2, 0.25) is 0 Å². The van der Waals surface area contributed by atoms with Crippen LogP contribution in [0.1, 0.15) is 25.5 Å². The third kappa shape index (κ3) is 3.13. The summed E-state index contributed by atoms with van der Waals surface area (Å²) in [5.74, 6) is 0.717. The van der Waals surface area contributed by atoms with Crippen molar-refractivity contribution >= 4 is 5.97 Å². The standard InChI is InChI=1S/C16H23NO4/c1-10-8-17(9-14(10)16(18)19)11(2)13-7-12(20-3)5-6-15(13)21-4/h5-7,10-11,14H,8-9H2,1-4H3,(H,18,19)/t10-,11?,14-/m1/s1. The van der Waals surface area contributed by atoms with Gasteiger partial charge < -0.3 is 14.6 Å². The first-order valence-electron chi connectivity index (χ1n) is 7.16. The van der Waals surface area contributed by atoms with Crippen molar-refractivity contribution in [2.24, 2.45) is 11.8 Å². The van der Waals surface area contributed by atoms with E-state index < -0.39 is 5.97 Å². The zero-order valence-electron chi connectivity index (χ0n) is 13.0. The second-order valence-electron chi connectivity index (χ2n) is 5.66. The van der Waals surface area contributed by atoms with Crippen LogP contribution in [0.15, 0.2) is 18.2 Å². The Balaban J connectivity index is 2.24. The highest BCUT2D eigenvalue weighted by Crippen LogP contribution is 2.36. The molecule has 1 aliphatic rings. The number of rotatable bonds is 5. The van der Waals surface area contributed by atoms with Gasteiger partial charge in [0.15, 0.2) is 0 Å². The van der Waals surface area contributed by atoms with Gasteiger partial charge in [0.1, 0.15) is 11.5 Å². The Hall–Kier alpha value is -1.75. The molecule has 21 heavy (non-hydrogen) atoms. The molecule has 0 aliphatic carbocycles. The fourth-order valence-corrected chi connectivity index (χ4v) is 3.00. The predicted octanol–water partition coefficient (Wildman–Crippen LogP) is 2.42. The number of carbonyl (C=O) groups is 1. The summed E-state index contributed by atoms with van der Waals surface area (Å²) < 4.78 is 10.7. The second-order valence-corrected chi connectivity index (χ2v) is 5.66.